The Kier molecular flexibility index (Phi) is 6.62. The van der Waals surface area contributed by atoms with Crippen LogP contribution in [0.15, 0.2) is 17.1 Å². The summed E-state index contributed by atoms with van der Waals surface area (Å²) in [6.07, 6.45) is 9.15. The maximum absolute atomic E-state index is 11.7. The van der Waals surface area contributed by atoms with E-state index in [2.05, 4.69) is 43.4 Å². The molecule has 0 aromatic heterocycles. The zero-order valence-corrected chi connectivity index (χ0v) is 21.4. The van der Waals surface area contributed by atoms with Crippen LogP contribution in [0.3, 0.4) is 0 Å². The molecule has 6 heteroatoms. The molecule has 0 bridgehead atoms. The van der Waals surface area contributed by atoms with Crippen molar-refractivity contribution in [2.24, 2.45) is 22.2 Å². The molecule has 2 fully saturated rings. The topological polar surface area (TPSA) is 63.2 Å². The van der Waals surface area contributed by atoms with E-state index in [9.17, 15) is 4.79 Å². The molecule has 4 aliphatic rings. The zero-order valence-electron chi connectivity index (χ0n) is 21.4. The molecule has 1 N–H and O–H groups in total. The molecule has 0 spiro atoms. The standard InChI is InChI=1S/C28H41N3O3/c1-18(32)34-25-12-10-23-21-7-8-22-19(20(21)13-14-28(23,25)2)9-11-24-27(22)30-26(17-33-24)29-15-5-6-16-31(3)4/h9,11,20-21,23,25H,5-8,10,12-17H2,1-4H3,(H,29,30)/t20-,21-,23+,25+,28+/m1/s1. The van der Waals surface area contributed by atoms with Gasteiger partial charge in [-0.3, -0.25) is 9.79 Å². The Hall–Kier alpha value is -2.08. The van der Waals surface area contributed by atoms with E-state index in [0.29, 0.717) is 24.4 Å². The van der Waals surface area contributed by atoms with E-state index in [1.807, 2.05) is 0 Å². The van der Waals surface area contributed by atoms with Crippen molar-refractivity contribution in [2.45, 2.75) is 77.2 Å². The summed E-state index contributed by atoms with van der Waals surface area (Å²) in [5.74, 6) is 3.72. The van der Waals surface area contributed by atoms with Gasteiger partial charge in [-0.2, -0.15) is 0 Å². The number of carbonyl (C=O) groups excluding carboxylic acids is 1. The van der Waals surface area contributed by atoms with Crippen LogP contribution in [0.4, 0.5) is 5.69 Å². The van der Waals surface area contributed by atoms with Crippen LogP contribution >= 0.6 is 0 Å². The van der Waals surface area contributed by atoms with Gasteiger partial charge in [-0.1, -0.05) is 13.0 Å². The minimum absolute atomic E-state index is 0.0902. The van der Waals surface area contributed by atoms with Crippen LogP contribution in [-0.2, 0) is 16.0 Å². The molecule has 34 heavy (non-hydrogen) atoms. The molecule has 6 nitrogen and oxygen atoms in total. The highest BCUT2D eigenvalue weighted by molar-refractivity contribution is 6.00. The first-order valence-electron chi connectivity index (χ1n) is 13.3. The van der Waals surface area contributed by atoms with Gasteiger partial charge in [0.1, 0.15) is 24.3 Å². The summed E-state index contributed by atoms with van der Waals surface area (Å²) in [6, 6.07) is 4.50. The molecule has 0 unspecified atom stereocenters. The molecule has 3 aliphatic carbocycles. The number of anilines is 1. The van der Waals surface area contributed by atoms with Gasteiger partial charge in [-0.15, -0.1) is 0 Å². The number of hydrogen-bond acceptors (Lipinski definition) is 5. The normalized spacial score (nSPS) is 32.8. The van der Waals surface area contributed by atoms with E-state index in [1.165, 1.54) is 30.4 Å². The van der Waals surface area contributed by atoms with Crippen LogP contribution < -0.4 is 10.1 Å². The highest BCUT2D eigenvalue weighted by atomic mass is 16.5. The third-order valence-electron chi connectivity index (χ3n) is 9.05. The largest absolute Gasteiger partial charge is 0.484 e. The fraction of sp³-hybridized carbons (Fsp3) is 0.714. The van der Waals surface area contributed by atoms with Gasteiger partial charge in [0.05, 0.1) is 5.69 Å². The van der Waals surface area contributed by atoms with Gasteiger partial charge < -0.3 is 19.7 Å². The molecule has 1 aromatic carbocycles. The van der Waals surface area contributed by atoms with Gasteiger partial charge in [-0.25, -0.2) is 0 Å². The quantitative estimate of drug-likeness (QED) is 0.470. The number of nitrogens with zero attached hydrogens (tertiary/aromatic N) is 2. The fourth-order valence-electron chi connectivity index (χ4n) is 7.42. The lowest BCUT2D eigenvalue weighted by molar-refractivity contribution is -0.154. The summed E-state index contributed by atoms with van der Waals surface area (Å²) < 4.78 is 11.9. The van der Waals surface area contributed by atoms with Crippen molar-refractivity contribution in [3.63, 3.8) is 0 Å². The first-order chi connectivity index (χ1) is 16.4. The fourth-order valence-corrected chi connectivity index (χ4v) is 7.42. The second kappa shape index (κ2) is 9.52. The van der Waals surface area contributed by atoms with Crippen molar-refractivity contribution < 1.29 is 14.3 Å². The van der Waals surface area contributed by atoms with Crippen molar-refractivity contribution in [1.29, 1.82) is 0 Å². The molecular formula is C28H41N3O3. The van der Waals surface area contributed by atoms with Crippen LogP contribution in [0.1, 0.15) is 75.8 Å². The predicted molar refractivity (Wildman–Crippen MR) is 136 cm³/mol. The van der Waals surface area contributed by atoms with E-state index < -0.39 is 0 Å². The summed E-state index contributed by atoms with van der Waals surface area (Å²) in [4.78, 5) is 18.7. The molecule has 1 aliphatic heterocycles. The number of aliphatic imine (C=N–C) groups is 1. The Morgan fingerprint density at radius 3 is 2.88 bits per heavy atom. The molecule has 0 saturated heterocycles. The monoisotopic (exact) mass is 467 g/mol. The second-order valence-electron chi connectivity index (χ2n) is 11.4. The van der Waals surface area contributed by atoms with Gasteiger partial charge in [0.2, 0.25) is 0 Å². The Morgan fingerprint density at radius 2 is 2.09 bits per heavy atom. The van der Waals surface area contributed by atoms with E-state index >= 15 is 0 Å². The van der Waals surface area contributed by atoms with Crippen LogP contribution in [0.5, 0.6) is 5.75 Å². The van der Waals surface area contributed by atoms with Gasteiger partial charge in [0.15, 0.2) is 0 Å². The molecular weight excluding hydrogens is 426 g/mol. The molecule has 2 saturated carbocycles. The Labute approximate surface area is 204 Å². The minimum Gasteiger partial charge on any atom is -0.484 e. The van der Waals surface area contributed by atoms with Crippen molar-refractivity contribution >= 4 is 17.5 Å². The van der Waals surface area contributed by atoms with Crippen LogP contribution in [0.2, 0.25) is 0 Å². The average molecular weight is 468 g/mol. The van der Waals surface area contributed by atoms with Crippen molar-refractivity contribution in [3.05, 3.63) is 23.3 Å². The summed E-state index contributed by atoms with van der Waals surface area (Å²) in [6.45, 7) is 6.42. The van der Waals surface area contributed by atoms with Crippen molar-refractivity contribution in [1.82, 2.24) is 4.90 Å². The summed E-state index contributed by atoms with van der Waals surface area (Å²) in [7, 11) is 4.23. The van der Waals surface area contributed by atoms with Gasteiger partial charge in [-0.05, 0) is 107 Å². The summed E-state index contributed by atoms with van der Waals surface area (Å²) in [5, 5.41) is 3.66. The number of nitrogens with one attached hydrogen (secondary N) is 1. The molecule has 5 rings (SSSR count). The maximum atomic E-state index is 11.7. The van der Waals surface area contributed by atoms with Crippen LogP contribution in [-0.4, -0.2) is 56.6 Å². The Bertz CT molecular complexity index is 958. The molecule has 0 amide bonds. The maximum Gasteiger partial charge on any atom is 0.302 e. The number of esters is 1. The average Bonchev–Trinajstić information content (AvgIpc) is 3.13. The number of fused-ring (bicyclic) bond motifs is 7. The molecule has 1 aromatic rings. The molecule has 186 valence electrons. The third-order valence-corrected chi connectivity index (χ3v) is 9.05. The number of carbonyl (C=O) groups is 1. The molecule has 5 atom stereocenters. The Morgan fingerprint density at radius 1 is 1.24 bits per heavy atom. The lowest BCUT2D eigenvalue weighted by atomic mass is 9.55. The van der Waals surface area contributed by atoms with E-state index in [-0.39, 0.29) is 17.5 Å². The number of rotatable bonds is 6. The highest BCUT2D eigenvalue weighted by Crippen LogP contribution is 2.62. The first kappa shape index (κ1) is 23.7. The number of hydrogen-bond donors (Lipinski definition) is 1. The SMILES string of the molecule is CC(=O)O[C@H]1CC[C@H]2[C@@H]3CCc4c(ccc5c4NC(=NCCCCN(C)C)CO5)[C@H]3CC[C@]12C. The summed E-state index contributed by atoms with van der Waals surface area (Å²) >= 11 is 0. The molecule has 0 radical (unpaired) electrons. The van der Waals surface area contributed by atoms with Crippen LogP contribution in [0, 0.1) is 17.3 Å². The van der Waals surface area contributed by atoms with E-state index in [4.69, 9.17) is 14.5 Å². The molecule has 1 heterocycles. The first-order valence-corrected chi connectivity index (χ1v) is 13.3. The smallest absolute Gasteiger partial charge is 0.302 e. The number of amidine groups is 1. The van der Waals surface area contributed by atoms with Gasteiger partial charge in [0, 0.05) is 18.9 Å². The lowest BCUT2D eigenvalue weighted by Crippen LogP contribution is -2.45. The predicted octanol–water partition coefficient (Wildman–Crippen LogP) is 5.02. The number of unbranched alkanes of at least 4 members (excludes halogenated alkanes) is 1. The Balaban J connectivity index is 1.31. The lowest BCUT2D eigenvalue weighted by Gasteiger charge is -2.50. The zero-order chi connectivity index (χ0) is 23.9. The second-order valence-corrected chi connectivity index (χ2v) is 11.4. The highest BCUT2D eigenvalue weighted by Gasteiger charge is 2.56. The van der Waals surface area contributed by atoms with E-state index in [0.717, 1.165) is 62.5 Å². The van der Waals surface area contributed by atoms with Crippen LogP contribution in [0.25, 0.3) is 0 Å². The van der Waals surface area contributed by atoms with E-state index in [1.54, 1.807) is 6.92 Å². The summed E-state index contributed by atoms with van der Waals surface area (Å²) in [5.41, 5.74) is 4.24. The minimum atomic E-state index is -0.129. The van der Waals surface area contributed by atoms with Gasteiger partial charge in [0.25, 0.3) is 0 Å². The number of benzene rings is 1. The van der Waals surface area contributed by atoms with Crippen molar-refractivity contribution in [3.8, 4) is 5.75 Å². The third kappa shape index (κ3) is 4.34. The van der Waals surface area contributed by atoms with Gasteiger partial charge >= 0.3 is 5.97 Å². The van der Waals surface area contributed by atoms with Crippen molar-refractivity contribution in [2.75, 3.05) is 39.1 Å². The number of ether oxygens (including phenoxy) is 2.